The molecule has 24 heavy (non-hydrogen) atoms. The second-order valence-corrected chi connectivity index (χ2v) is 6.30. The van der Waals surface area contributed by atoms with E-state index in [4.69, 9.17) is 27.9 Å². The number of hydrogen-bond acceptors (Lipinski definition) is 4. The summed E-state index contributed by atoms with van der Waals surface area (Å²) < 4.78 is 4.92. The van der Waals surface area contributed by atoms with Gasteiger partial charge >= 0.3 is 0 Å². The van der Waals surface area contributed by atoms with Gasteiger partial charge in [0.15, 0.2) is 0 Å². The fourth-order valence-electron chi connectivity index (χ4n) is 2.55. The maximum absolute atomic E-state index is 12.5. The average molecular weight is 374 g/mol. The Morgan fingerprint density at radius 2 is 2.12 bits per heavy atom. The maximum atomic E-state index is 12.5. The van der Waals surface area contributed by atoms with Crippen LogP contribution >= 0.6 is 23.2 Å². The van der Waals surface area contributed by atoms with Gasteiger partial charge in [-0.15, -0.1) is 0 Å². The van der Waals surface area contributed by atoms with E-state index < -0.39 is 5.92 Å². The first-order valence-electron chi connectivity index (χ1n) is 7.78. The van der Waals surface area contributed by atoms with E-state index >= 15 is 0 Å². The molecule has 1 fully saturated rings. The lowest BCUT2D eigenvalue weighted by molar-refractivity contribution is -0.132. The van der Waals surface area contributed by atoms with Crippen molar-refractivity contribution in [2.24, 2.45) is 5.92 Å². The minimum Gasteiger partial charge on any atom is -0.383 e. The van der Waals surface area contributed by atoms with Gasteiger partial charge in [-0.3, -0.25) is 9.59 Å². The summed E-state index contributed by atoms with van der Waals surface area (Å²) in [5, 5.41) is 6.84. The number of carbonyl (C=O) groups is 2. The third-order valence-corrected chi connectivity index (χ3v) is 4.36. The topological polar surface area (TPSA) is 70.7 Å². The molecule has 2 rings (SSSR count). The lowest BCUT2D eigenvalue weighted by Crippen LogP contribution is -2.40. The number of nitrogens with one attached hydrogen (secondary N) is 2. The van der Waals surface area contributed by atoms with Gasteiger partial charge in [-0.1, -0.05) is 23.2 Å². The molecule has 8 heteroatoms. The fraction of sp³-hybridized carbons (Fsp3) is 0.500. The van der Waals surface area contributed by atoms with Crippen molar-refractivity contribution in [2.45, 2.75) is 6.42 Å². The Kier molecular flexibility index (Phi) is 7.30. The van der Waals surface area contributed by atoms with Crippen LogP contribution < -0.4 is 15.5 Å². The summed E-state index contributed by atoms with van der Waals surface area (Å²) in [6.07, 6.45) is 0.463. The summed E-state index contributed by atoms with van der Waals surface area (Å²) in [5.74, 6) is -1.18. The molecule has 1 atom stereocenters. The summed E-state index contributed by atoms with van der Waals surface area (Å²) in [4.78, 5) is 26.2. The van der Waals surface area contributed by atoms with Crippen LogP contribution in [0.4, 0.5) is 5.69 Å². The number of halogens is 2. The number of benzene rings is 1. The zero-order valence-electron chi connectivity index (χ0n) is 13.5. The normalized spacial score (nSPS) is 17.4. The SMILES string of the molecule is COCCNCCNC(=O)C1CCN(c2cc(Cl)ccc2Cl)C1=O. The number of ether oxygens (including phenoxy) is 1. The van der Waals surface area contributed by atoms with Gasteiger partial charge in [0.05, 0.1) is 17.3 Å². The largest absolute Gasteiger partial charge is 0.383 e. The van der Waals surface area contributed by atoms with E-state index in [9.17, 15) is 9.59 Å². The standard InChI is InChI=1S/C16H21Cl2N3O3/c1-24-9-7-19-5-6-20-15(22)12-4-8-21(16(12)23)14-10-11(17)2-3-13(14)18/h2-3,10,12,19H,4-9H2,1H3,(H,20,22). The van der Waals surface area contributed by atoms with Crippen molar-refractivity contribution in [1.29, 1.82) is 0 Å². The molecule has 1 heterocycles. The zero-order valence-corrected chi connectivity index (χ0v) is 15.0. The molecule has 2 N–H and O–H groups in total. The summed E-state index contributed by atoms with van der Waals surface area (Å²) in [6.45, 7) is 2.87. The number of carbonyl (C=O) groups excluding carboxylic acids is 2. The van der Waals surface area contributed by atoms with Crippen molar-refractivity contribution in [3.05, 3.63) is 28.2 Å². The van der Waals surface area contributed by atoms with E-state index in [1.807, 2.05) is 0 Å². The monoisotopic (exact) mass is 373 g/mol. The number of hydrogen-bond donors (Lipinski definition) is 2. The minimum atomic E-state index is -0.681. The number of rotatable bonds is 8. The molecule has 0 bridgehead atoms. The van der Waals surface area contributed by atoms with Crippen LogP contribution in [-0.4, -0.2) is 51.7 Å². The highest BCUT2D eigenvalue weighted by molar-refractivity contribution is 6.36. The first kappa shape index (κ1) is 19.0. The van der Waals surface area contributed by atoms with Gasteiger partial charge in [0.25, 0.3) is 0 Å². The Bertz CT molecular complexity index is 598. The Hall–Kier alpha value is -1.34. The Morgan fingerprint density at radius 3 is 2.88 bits per heavy atom. The van der Waals surface area contributed by atoms with Crippen LogP contribution in [0.1, 0.15) is 6.42 Å². The smallest absolute Gasteiger partial charge is 0.239 e. The van der Waals surface area contributed by atoms with Gasteiger partial charge in [0, 0.05) is 38.3 Å². The third kappa shape index (κ3) is 4.83. The van der Waals surface area contributed by atoms with E-state index in [2.05, 4.69) is 10.6 Å². The van der Waals surface area contributed by atoms with Gasteiger partial charge in [0.1, 0.15) is 5.92 Å². The molecule has 1 saturated heterocycles. The second-order valence-electron chi connectivity index (χ2n) is 5.46. The van der Waals surface area contributed by atoms with Crippen LogP contribution in [0, 0.1) is 5.92 Å². The molecule has 0 radical (unpaired) electrons. The van der Waals surface area contributed by atoms with Crippen molar-refractivity contribution in [3.63, 3.8) is 0 Å². The van der Waals surface area contributed by atoms with E-state index in [1.54, 1.807) is 25.3 Å². The van der Waals surface area contributed by atoms with Gasteiger partial charge < -0.3 is 20.3 Å². The summed E-state index contributed by atoms with van der Waals surface area (Å²) in [7, 11) is 1.63. The van der Waals surface area contributed by atoms with Crippen LogP contribution in [0.15, 0.2) is 18.2 Å². The molecule has 2 amide bonds. The lowest BCUT2D eigenvalue weighted by Gasteiger charge is -2.18. The highest BCUT2D eigenvalue weighted by Crippen LogP contribution is 2.33. The maximum Gasteiger partial charge on any atom is 0.239 e. The van der Waals surface area contributed by atoms with E-state index in [0.29, 0.717) is 48.4 Å². The fourth-order valence-corrected chi connectivity index (χ4v) is 2.94. The number of methoxy groups -OCH3 is 1. The predicted molar refractivity (Wildman–Crippen MR) is 94.7 cm³/mol. The minimum absolute atomic E-state index is 0.246. The molecular weight excluding hydrogens is 353 g/mol. The molecule has 132 valence electrons. The molecule has 0 saturated carbocycles. The number of anilines is 1. The van der Waals surface area contributed by atoms with Crippen LogP contribution in [0.3, 0.4) is 0 Å². The third-order valence-electron chi connectivity index (χ3n) is 3.80. The summed E-state index contributed by atoms with van der Waals surface area (Å²) in [5.41, 5.74) is 0.547. The summed E-state index contributed by atoms with van der Waals surface area (Å²) >= 11 is 12.1. The van der Waals surface area contributed by atoms with E-state index in [0.717, 1.165) is 6.54 Å². The van der Waals surface area contributed by atoms with Crippen molar-refractivity contribution in [3.8, 4) is 0 Å². The quantitative estimate of drug-likeness (QED) is 0.537. The Labute approximate surface area is 151 Å². The highest BCUT2D eigenvalue weighted by atomic mass is 35.5. The molecule has 1 aromatic rings. The van der Waals surface area contributed by atoms with Gasteiger partial charge in [-0.2, -0.15) is 0 Å². The lowest BCUT2D eigenvalue weighted by atomic mass is 10.1. The molecule has 1 aliphatic rings. The Morgan fingerprint density at radius 1 is 1.33 bits per heavy atom. The average Bonchev–Trinajstić information content (AvgIpc) is 2.94. The zero-order chi connectivity index (χ0) is 17.5. The molecule has 1 aromatic carbocycles. The van der Waals surface area contributed by atoms with Gasteiger partial charge in [0.2, 0.25) is 11.8 Å². The van der Waals surface area contributed by atoms with Crippen molar-refractivity contribution >= 4 is 40.7 Å². The van der Waals surface area contributed by atoms with E-state index in [1.165, 1.54) is 4.90 Å². The molecule has 1 unspecified atom stereocenters. The molecule has 0 spiro atoms. The number of amides is 2. The number of nitrogens with zero attached hydrogens (tertiary/aromatic N) is 1. The van der Waals surface area contributed by atoms with Crippen molar-refractivity contribution < 1.29 is 14.3 Å². The van der Waals surface area contributed by atoms with Crippen LogP contribution in [0.25, 0.3) is 0 Å². The van der Waals surface area contributed by atoms with Crippen LogP contribution in [0.2, 0.25) is 10.0 Å². The Balaban J connectivity index is 1.87. The first-order valence-corrected chi connectivity index (χ1v) is 8.54. The van der Waals surface area contributed by atoms with Crippen LogP contribution in [0.5, 0.6) is 0 Å². The van der Waals surface area contributed by atoms with Crippen molar-refractivity contribution in [2.75, 3.05) is 44.8 Å². The van der Waals surface area contributed by atoms with E-state index in [-0.39, 0.29) is 11.8 Å². The molecule has 0 aromatic heterocycles. The van der Waals surface area contributed by atoms with Gasteiger partial charge in [-0.05, 0) is 24.6 Å². The van der Waals surface area contributed by atoms with Crippen LogP contribution in [-0.2, 0) is 14.3 Å². The summed E-state index contributed by atoms with van der Waals surface area (Å²) in [6, 6.07) is 4.95. The van der Waals surface area contributed by atoms with Gasteiger partial charge in [-0.25, -0.2) is 0 Å². The molecular formula is C16H21Cl2N3O3. The predicted octanol–water partition coefficient (Wildman–Crippen LogP) is 1.70. The first-order chi connectivity index (χ1) is 11.5. The second kappa shape index (κ2) is 9.22. The molecule has 1 aliphatic heterocycles. The van der Waals surface area contributed by atoms with Crippen molar-refractivity contribution in [1.82, 2.24) is 10.6 Å². The molecule has 6 nitrogen and oxygen atoms in total. The molecule has 0 aliphatic carbocycles. The highest BCUT2D eigenvalue weighted by Gasteiger charge is 2.38.